The molecule has 0 unspecified atom stereocenters. The minimum Gasteiger partial charge on any atom is -0.369 e. The van der Waals surface area contributed by atoms with E-state index in [1.807, 2.05) is 67.0 Å². The molecule has 5 aromatic heterocycles. The van der Waals surface area contributed by atoms with Crippen LogP contribution >= 0.6 is 11.6 Å². The molecule has 1 aliphatic rings. The first-order valence-corrected chi connectivity index (χ1v) is 17.5. The zero-order valence-electron chi connectivity index (χ0n) is 28.4. The number of fused-ring (bicyclic) bond motifs is 4. The Morgan fingerprint density at radius 3 is 2.67 bits per heavy atom. The van der Waals surface area contributed by atoms with E-state index in [9.17, 15) is 9.18 Å². The number of nitrogens with one attached hydrogen (secondary N) is 4. The van der Waals surface area contributed by atoms with E-state index < -0.39 is 5.82 Å². The van der Waals surface area contributed by atoms with Gasteiger partial charge >= 0.3 is 5.69 Å². The van der Waals surface area contributed by atoms with E-state index in [1.165, 1.54) is 10.7 Å². The topological polar surface area (TPSA) is 118 Å². The summed E-state index contributed by atoms with van der Waals surface area (Å²) >= 11 is 6.33. The molecule has 10 nitrogen and oxygen atoms in total. The Morgan fingerprint density at radius 2 is 1.81 bits per heavy atom. The molecule has 0 aliphatic carbocycles. The number of imidazole rings is 1. The zero-order valence-corrected chi connectivity index (χ0v) is 29.2. The van der Waals surface area contributed by atoms with Crippen molar-refractivity contribution in [2.75, 3.05) is 10.7 Å². The van der Waals surface area contributed by atoms with Crippen molar-refractivity contribution in [3.8, 4) is 11.1 Å². The zero-order chi connectivity index (χ0) is 35.6. The van der Waals surface area contributed by atoms with Gasteiger partial charge in [0.05, 0.1) is 50.8 Å². The van der Waals surface area contributed by atoms with Crippen LogP contribution in [-0.2, 0) is 30.7 Å². The predicted octanol–water partition coefficient (Wildman–Crippen LogP) is 8.73. The number of rotatable bonds is 8. The molecule has 52 heavy (non-hydrogen) atoms. The smallest absolute Gasteiger partial charge is 0.346 e. The number of para-hydroxylation sites is 1. The number of pyridine rings is 2. The highest BCUT2D eigenvalue weighted by atomic mass is 35.5. The monoisotopic (exact) mass is 712 g/mol. The van der Waals surface area contributed by atoms with Crippen LogP contribution in [0.25, 0.3) is 44.1 Å². The highest BCUT2D eigenvalue weighted by Crippen LogP contribution is 2.38. The molecule has 4 N–H and O–H groups in total. The van der Waals surface area contributed by atoms with Gasteiger partial charge in [-0.3, -0.25) is 10.4 Å². The summed E-state index contributed by atoms with van der Waals surface area (Å²) in [5.74, 6) is -0.515. The first-order valence-electron chi connectivity index (χ1n) is 17.1. The van der Waals surface area contributed by atoms with Crippen LogP contribution < -0.4 is 16.4 Å². The summed E-state index contributed by atoms with van der Waals surface area (Å²) in [5, 5.41) is 5.39. The Balaban J connectivity index is 1.06. The van der Waals surface area contributed by atoms with Gasteiger partial charge in [-0.1, -0.05) is 60.1 Å². The molecule has 6 heterocycles. The molecule has 1 aliphatic heterocycles. The van der Waals surface area contributed by atoms with Gasteiger partial charge in [0, 0.05) is 71.4 Å². The Kier molecular flexibility index (Phi) is 7.63. The Hall–Kier alpha value is -5.91. The summed E-state index contributed by atoms with van der Waals surface area (Å²) in [7, 11) is 0. The van der Waals surface area contributed by atoms with Gasteiger partial charge < -0.3 is 24.6 Å². The number of anilines is 3. The predicted molar refractivity (Wildman–Crippen MR) is 204 cm³/mol. The first-order chi connectivity index (χ1) is 25.2. The molecule has 0 radical (unpaired) electrons. The lowest BCUT2D eigenvalue weighted by Gasteiger charge is -2.30. The van der Waals surface area contributed by atoms with Gasteiger partial charge in [-0.15, -0.1) is 0 Å². The quantitative estimate of drug-likeness (QED) is 0.125. The van der Waals surface area contributed by atoms with Crippen molar-refractivity contribution in [1.29, 1.82) is 0 Å². The minimum absolute atomic E-state index is 0.0329. The number of ether oxygens (including phenoxy) is 1. The fourth-order valence-electron chi connectivity index (χ4n) is 7.15. The maximum absolute atomic E-state index is 14.6. The summed E-state index contributed by atoms with van der Waals surface area (Å²) < 4.78 is 24.2. The summed E-state index contributed by atoms with van der Waals surface area (Å²) in [6, 6.07) is 22.9. The van der Waals surface area contributed by atoms with Crippen molar-refractivity contribution in [1.82, 2.24) is 29.2 Å². The number of aryl methyl sites for hydroxylation is 2. The van der Waals surface area contributed by atoms with Gasteiger partial charge in [0.2, 0.25) is 0 Å². The molecule has 0 saturated heterocycles. The maximum Gasteiger partial charge on any atom is 0.346 e. The standard InChI is InChI=1S/C40H34ClFN8O2/c1-40(2)17-28-33(20-44-35(28)22-52-40)46-37-24(18-43-31-16-30(42)29(41)15-27(31)37)12-13-49-21-34(26-10-6-7-11-36(26)49)48-50-38-32(47-39(50)51)14-25(19-45-38)23-8-4-3-5-9-23/h3-11,14-16,18-21,44,48H,12-13,17,22H2,1-2H3,(H,43,46)(H,47,51). The summed E-state index contributed by atoms with van der Waals surface area (Å²) in [4.78, 5) is 28.8. The highest BCUT2D eigenvalue weighted by Gasteiger charge is 2.29. The molecule has 3 aromatic carbocycles. The third-order valence-corrected chi connectivity index (χ3v) is 10.1. The number of hydrogen-bond donors (Lipinski definition) is 4. The van der Waals surface area contributed by atoms with Crippen LogP contribution in [0.15, 0.2) is 102 Å². The summed E-state index contributed by atoms with van der Waals surface area (Å²) in [6.07, 6.45) is 8.86. The minimum atomic E-state index is -0.515. The Morgan fingerprint density at radius 1 is 0.981 bits per heavy atom. The van der Waals surface area contributed by atoms with Crippen LogP contribution in [0.3, 0.4) is 0 Å². The molecular weight excluding hydrogens is 679 g/mol. The fourth-order valence-corrected chi connectivity index (χ4v) is 7.32. The van der Waals surface area contributed by atoms with Crippen molar-refractivity contribution in [2.24, 2.45) is 0 Å². The molecular formula is C40H34ClFN8O2. The van der Waals surface area contributed by atoms with Crippen molar-refractivity contribution in [3.63, 3.8) is 0 Å². The third kappa shape index (κ3) is 5.68. The molecule has 260 valence electrons. The second-order valence-electron chi connectivity index (χ2n) is 13.8. The molecule has 12 heteroatoms. The second-order valence-corrected chi connectivity index (χ2v) is 14.2. The second kappa shape index (κ2) is 12.4. The van der Waals surface area contributed by atoms with Crippen molar-refractivity contribution in [3.05, 3.63) is 136 Å². The summed E-state index contributed by atoms with van der Waals surface area (Å²) in [5.41, 5.74) is 12.9. The number of aromatic amines is 2. The molecule has 0 amide bonds. The first kappa shape index (κ1) is 32.0. The Bertz CT molecular complexity index is 2710. The average molecular weight is 713 g/mol. The molecule has 0 atom stereocenters. The van der Waals surface area contributed by atoms with E-state index in [1.54, 1.807) is 18.5 Å². The van der Waals surface area contributed by atoms with Crippen LogP contribution in [0.4, 0.5) is 21.5 Å². The lowest BCUT2D eigenvalue weighted by molar-refractivity contribution is -0.0412. The molecule has 8 aromatic rings. The van der Waals surface area contributed by atoms with E-state index >= 15 is 0 Å². The normalized spacial score (nSPS) is 13.9. The van der Waals surface area contributed by atoms with Crippen LogP contribution in [0, 0.1) is 5.82 Å². The number of H-pyrrole nitrogens is 2. The molecule has 9 rings (SSSR count). The SMILES string of the molecule is CC1(C)Cc2c(Nc3c(CCn4cc(Nn5c(=O)[nH]c6cc(-c7ccccc7)cnc65)c5ccccc54)cnc4cc(F)c(Cl)cc34)c[nH]c2CO1. The van der Waals surface area contributed by atoms with Gasteiger partial charge in [-0.25, -0.2) is 14.2 Å². The van der Waals surface area contributed by atoms with Gasteiger partial charge in [-0.2, -0.15) is 4.68 Å². The highest BCUT2D eigenvalue weighted by molar-refractivity contribution is 6.31. The number of nitrogens with zero attached hydrogens (tertiary/aromatic N) is 4. The molecule has 0 saturated carbocycles. The Labute approximate surface area is 302 Å². The van der Waals surface area contributed by atoms with E-state index in [4.69, 9.17) is 16.3 Å². The molecule has 0 spiro atoms. The fraction of sp³-hybridized carbons (Fsp3) is 0.175. The maximum atomic E-state index is 14.6. The van der Waals surface area contributed by atoms with Crippen molar-refractivity contribution in [2.45, 2.75) is 45.4 Å². The lowest BCUT2D eigenvalue weighted by Crippen LogP contribution is -2.31. The van der Waals surface area contributed by atoms with Gasteiger partial charge in [0.1, 0.15) is 5.82 Å². The summed E-state index contributed by atoms with van der Waals surface area (Å²) in [6.45, 7) is 5.25. The van der Waals surface area contributed by atoms with Gasteiger partial charge in [0.25, 0.3) is 0 Å². The third-order valence-electron chi connectivity index (χ3n) is 9.81. The molecule has 0 fully saturated rings. The average Bonchev–Trinajstić information content (AvgIpc) is 3.80. The molecule has 0 bridgehead atoms. The van der Waals surface area contributed by atoms with Crippen molar-refractivity contribution >= 4 is 61.6 Å². The van der Waals surface area contributed by atoms with E-state index in [2.05, 4.69) is 55.2 Å². The number of halogens is 2. The number of aromatic nitrogens is 6. The van der Waals surface area contributed by atoms with E-state index in [0.29, 0.717) is 36.3 Å². The van der Waals surface area contributed by atoms with Crippen LogP contribution in [0.5, 0.6) is 0 Å². The number of hydrogen-bond acceptors (Lipinski definition) is 6. The van der Waals surface area contributed by atoms with E-state index in [0.717, 1.165) is 67.7 Å². The largest absolute Gasteiger partial charge is 0.369 e. The van der Waals surface area contributed by atoms with Crippen LogP contribution in [0.2, 0.25) is 5.02 Å². The number of benzene rings is 3. The van der Waals surface area contributed by atoms with Gasteiger partial charge in [0.15, 0.2) is 5.65 Å². The van der Waals surface area contributed by atoms with E-state index in [-0.39, 0.29) is 16.3 Å². The van der Waals surface area contributed by atoms with Crippen LogP contribution in [0.1, 0.15) is 30.7 Å². The van der Waals surface area contributed by atoms with Gasteiger partial charge in [-0.05, 0) is 49.6 Å². The van der Waals surface area contributed by atoms with Crippen LogP contribution in [-0.4, -0.2) is 34.8 Å². The van der Waals surface area contributed by atoms with Crippen molar-refractivity contribution < 1.29 is 9.13 Å². The lowest BCUT2D eigenvalue weighted by atomic mass is 9.94.